The number of carbonyl (C=O) groups is 1. The van der Waals surface area contributed by atoms with Crippen molar-refractivity contribution in [3.63, 3.8) is 0 Å². The predicted molar refractivity (Wildman–Crippen MR) is 75.1 cm³/mol. The van der Waals surface area contributed by atoms with Gasteiger partial charge in [-0.3, -0.25) is 4.79 Å². The van der Waals surface area contributed by atoms with Crippen LogP contribution in [0.2, 0.25) is 0 Å². The van der Waals surface area contributed by atoms with Crippen molar-refractivity contribution < 1.29 is 9.18 Å². The van der Waals surface area contributed by atoms with Crippen LogP contribution in [0.1, 0.15) is 21.5 Å². The van der Waals surface area contributed by atoms with Crippen molar-refractivity contribution in [2.75, 3.05) is 5.32 Å². The zero-order valence-corrected chi connectivity index (χ0v) is 11.1. The van der Waals surface area contributed by atoms with Gasteiger partial charge in [-0.05, 0) is 35.9 Å². The van der Waals surface area contributed by atoms with Gasteiger partial charge in [0, 0.05) is 11.4 Å². The van der Waals surface area contributed by atoms with Crippen LogP contribution in [-0.4, -0.2) is 5.91 Å². The summed E-state index contributed by atoms with van der Waals surface area (Å²) in [5.74, 6) is -0.593. The van der Waals surface area contributed by atoms with Gasteiger partial charge in [0.1, 0.15) is 11.9 Å². The first-order chi connectivity index (χ1) is 9.63. The fourth-order valence-corrected chi connectivity index (χ4v) is 1.87. The van der Waals surface area contributed by atoms with E-state index in [0.717, 1.165) is 11.6 Å². The van der Waals surface area contributed by atoms with Crippen molar-refractivity contribution in [1.29, 1.82) is 5.26 Å². The highest BCUT2D eigenvalue weighted by Crippen LogP contribution is 2.17. The zero-order chi connectivity index (χ0) is 14.5. The topological polar surface area (TPSA) is 52.9 Å². The average molecular weight is 289 g/mol. The summed E-state index contributed by atoms with van der Waals surface area (Å²) >= 11 is 5.71. The first-order valence-electron chi connectivity index (χ1n) is 5.80. The van der Waals surface area contributed by atoms with E-state index >= 15 is 0 Å². The molecule has 0 radical (unpaired) electrons. The molecule has 0 bridgehead atoms. The fraction of sp³-hybridized carbons (Fsp3) is 0.0667. The lowest BCUT2D eigenvalue weighted by molar-refractivity contribution is 0.102. The highest BCUT2D eigenvalue weighted by molar-refractivity contribution is 6.17. The third-order valence-electron chi connectivity index (χ3n) is 2.69. The number of halogens is 2. The molecule has 2 aromatic carbocycles. The van der Waals surface area contributed by atoms with Crippen molar-refractivity contribution in [1.82, 2.24) is 0 Å². The molecule has 0 saturated carbocycles. The second-order valence-electron chi connectivity index (χ2n) is 4.09. The van der Waals surface area contributed by atoms with Gasteiger partial charge < -0.3 is 5.32 Å². The molecular weight excluding hydrogens is 279 g/mol. The monoisotopic (exact) mass is 288 g/mol. The van der Waals surface area contributed by atoms with E-state index in [0.29, 0.717) is 11.4 Å². The molecule has 0 atom stereocenters. The lowest BCUT2D eigenvalue weighted by Gasteiger charge is -2.07. The van der Waals surface area contributed by atoms with E-state index in [-0.39, 0.29) is 17.2 Å². The number of hydrogen-bond donors (Lipinski definition) is 1. The maximum absolute atomic E-state index is 13.0. The lowest BCUT2D eigenvalue weighted by atomic mass is 10.1. The van der Waals surface area contributed by atoms with E-state index in [4.69, 9.17) is 16.9 Å². The SMILES string of the molecule is N#Cc1cc(F)ccc1NC(=O)c1cccc(CCl)c1. The largest absolute Gasteiger partial charge is 0.321 e. The molecule has 0 aliphatic carbocycles. The molecule has 0 aliphatic rings. The van der Waals surface area contributed by atoms with E-state index in [1.165, 1.54) is 12.1 Å². The third-order valence-corrected chi connectivity index (χ3v) is 3.00. The van der Waals surface area contributed by atoms with Crippen LogP contribution in [0.15, 0.2) is 42.5 Å². The van der Waals surface area contributed by atoms with Crippen LogP contribution in [0.4, 0.5) is 10.1 Å². The van der Waals surface area contributed by atoms with Crippen molar-refractivity contribution in [3.8, 4) is 6.07 Å². The van der Waals surface area contributed by atoms with Gasteiger partial charge in [0.05, 0.1) is 11.3 Å². The van der Waals surface area contributed by atoms with E-state index in [2.05, 4.69) is 5.32 Å². The van der Waals surface area contributed by atoms with Gasteiger partial charge in [-0.2, -0.15) is 5.26 Å². The molecule has 20 heavy (non-hydrogen) atoms. The molecule has 2 aromatic rings. The van der Waals surface area contributed by atoms with Crippen LogP contribution in [0.25, 0.3) is 0 Å². The number of nitrogens with zero attached hydrogens (tertiary/aromatic N) is 1. The van der Waals surface area contributed by atoms with Crippen molar-refractivity contribution in [2.45, 2.75) is 5.88 Å². The Kier molecular flexibility index (Phi) is 4.34. The van der Waals surface area contributed by atoms with E-state index in [9.17, 15) is 9.18 Å². The van der Waals surface area contributed by atoms with Crippen molar-refractivity contribution in [3.05, 3.63) is 65.0 Å². The maximum atomic E-state index is 13.0. The Bertz CT molecular complexity index is 695. The summed E-state index contributed by atoms with van der Waals surface area (Å²) in [6.45, 7) is 0. The number of rotatable bonds is 3. The Morgan fingerprint density at radius 1 is 1.30 bits per heavy atom. The fourth-order valence-electron chi connectivity index (χ4n) is 1.71. The normalized spacial score (nSPS) is 9.85. The Balaban J connectivity index is 2.26. The quantitative estimate of drug-likeness (QED) is 0.876. The minimum atomic E-state index is -0.524. The smallest absolute Gasteiger partial charge is 0.255 e. The molecule has 0 unspecified atom stereocenters. The van der Waals surface area contributed by atoms with Crippen LogP contribution in [0, 0.1) is 17.1 Å². The van der Waals surface area contributed by atoms with E-state index in [1.807, 2.05) is 12.1 Å². The predicted octanol–water partition coefficient (Wildman–Crippen LogP) is 3.69. The number of hydrogen-bond acceptors (Lipinski definition) is 2. The van der Waals surface area contributed by atoms with E-state index < -0.39 is 5.82 Å². The molecule has 2 rings (SSSR count). The molecular formula is C15H10ClFN2O. The number of nitrogens with one attached hydrogen (secondary N) is 1. The summed E-state index contributed by atoms with van der Waals surface area (Å²) in [5, 5.41) is 11.5. The number of benzene rings is 2. The number of amides is 1. The molecule has 0 heterocycles. The maximum Gasteiger partial charge on any atom is 0.255 e. The molecule has 0 fully saturated rings. The second kappa shape index (κ2) is 6.18. The third kappa shape index (κ3) is 3.14. The number of nitriles is 1. The molecule has 0 saturated heterocycles. The minimum Gasteiger partial charge on any atom is -0.321 e. The van der Waals surface area contributed by atoms with Gasteiger partial charge in [0.2, 0.25) is 0 Å². The molecule has 5 heteroatoms. The number of alkyl halides is 1. The highest BCUT2D eigenvalue weighted by atomic mass is 35.5. The summed E-state index contributed by atoms with van der Waals surface area (Å²) < 4.78 is 13.0. The lowest BCUT2D eigenvalue weighted by Crippen LogP contribution is -2.13. The van der Waals surface area contributed by atoms with Crippen LogP contribution in [-0.2, 0) is 5.88 Å². The van der Waals surface area contributed by atoms with Crippen molar-refractivity contribution in [2.24, 2.45) is 0 Å². The van der Waals surface area contributed by atoms with Gasteiger partial charge >= 0.3 is 0 Å². The highest BCUT2D eigenvalue weighted by Gasteiger charge is 2.10. The molecule has 1 amide bonds. The Morgan fingerprint density at radius 3 is 2.80 bits per heavy atom. The molecule has 100 valence electrons. The van der Waals surface area contributed by atoms with Gasteiger partial charge in [-0.1, -0.05) is 12.1 Å². The first kappa shape index (κ1) is 14.0. The number of anilines is 1. The summed E-state index contributed by atoms with van der Waals surface area (Å²) in [7, 11) is 0. The summed E-state index contributed by atoms with van der Waals surface area (Å²) in [4.78, 5) is 12.1. The summed E-state index contributed by atoms with van der Waals surface area (Å²) in [6, 6.07) is 12.3. The Labute approximate surface area is 120 Å². The van der Waals surface area contributed by atoms with Crippen LogP contribution >= 0.6 is 11.6 Å². The van der Waals surface area contributed by atoms with Gasteiger partial charge in [-0.25, -0.2) is 4.39 Å². The molecule has 3 nitrogen and oxygen atoms in total. The van der Waals surface area contributed by atoms with Gasteiger partial charge in [-0.15, -0.1) is 11.6 Å². The van der Waals surface area contributed by atoms with Crippen LogP contribution in [0.3, 0.4) is 0 Å². The summed E-state index contributed by atoms with van der Waals surface area (Å²) in [5.41, 5.74) is 1.59. The standard InChI is InChI=1S/C15H10ClFN2O/c16-8-10-2-1-3-11(6-10)15(20)19-14-5-4-13(17)7-12(14)9-18/h1-7H,8H2,(H,19,20). The van der Waals surface area contributed by atoms with Crippen LogP contribution < -0.4 is 5.32 Å². The van der Waals surface area contributed by atoms with Crippen molar-refractivity contribution >= 4 is 23.2 Å². The van der Waals surface area contributed by atoms with Crippen LogP contribution in [0.5, 0.6) is 0 Å². The minimum absolute atomic E-state index is 0.0758. The Hall–Kier alpha value is -2.38. The molecule has 1 N–H and O–H groups in total. The van der Waals surface area contributed by atoms with Gasteiger partial charge in [0.25, 0.3) is 5.91 Å². The molecule has 0 aliphatic heterocycles. The number of carbonyl (C=O) groups excluding carboxylic acids is 1. The first-order valence-corrected chi connectivity index (χ1v) is 6.33. The zero-order valence-electron chi connectivity index (χ0n) is 10.4. The molecule has 0 spiro atoms. The average Bonchev–Trinajstić information content (AvgIpc) is 2.49. The second-order valence-corrected chi connectivity index (χ2v) is 4.36. The molecule has 0 aromatic heterocycles. The van der Waals surface area contributed by atoms with Gasteiger partial charge in [0.15, 0.2) is 0 Å². The van der Waals surface area contributed by atoms with E-state index in [1.54, 1.807) is 18.2 Å². The Morgan fingerprint density at radius 2 is 2.10 bits per heavy atom. The summed E-state index contributed by atoms with van der Waals surface area (Å²) in [6.07, 6.45) is 0.